The summed E-state index contributed by atoms with van der Waals surface area (Å²) in [6.45, 7) is 5.22. The first-order chi connectivity index (χ1) is 26.3. The van der Waals surface area contributed by atoms with Crippen LogP contribution in [0.15, 0.2) is 0 Å². The van der Waals surface area contributed by atoms with Crippen LogP contribution >= 0.6 is 0 Å². The van der Waals surface area contributed by atoms with Crippen molar-refractivity contribution in [2.75, 3.05) is 6.61 Å². The maximum atomic E-state index is 12.0. The van der Waals surface area contributed by atoms with Gasteiger partial charge in [-0.3, -0.25) is 4.79 Å². The van der Waals surface area contributed by atoms with Crippen molar-refractivity contribution in [3.8, 4) is 0 Å². The summed E-state index contributed by atoms with van der Waals surface area (Å²) in [5.74, 6) is 0.0297. The first-order valence-electron chi connectivity index (χ1n) is 25.5. The number of hydrogen-bond donors (Lipinski definition) is 0. The smallest absolute Gasteiger partial charge is 0.305 e. The fourth-order valence-electron chi connectivity index (χ4n) is 8.20. The summed E-state index contributed by atoms with van der Waals surface area (Å²) < 4.78 is 5.45. The van der Waals surface area contributed by atoms with E-state index in [0.717, 1.165) is 12.8 Å². The summed E-state index contributed by atoms with van der Waals surface area (Å²) >= 11 is 0. The van der Waals surface area contributed by atoms with Gasteiger partial charge in [0.05, 0.1) is 6.61 Å². The van der Waals surface area contributed by atoms with Gasteiger partial charge < -0.3 is 4.74 Å². The second-order valence-electron chi connectivity index (χ2n) is 17.5. The van der Waals surface area contributed by atoms with Crippen LogP contribution in [-0.4, -0.2) is 12.6 Å². The third-order valence-electron chi connectivity index (χ3n) is 12.0. The van der Waals surface area contributed by atoms with Crippen LogP contribution in [0, 0.1) is 0 Å². The highest BCUT2D eigenvalue weighted by Crippen LogP contribution is 2.18. The van der Waals surface area contributed by atoms with Gasteiger partial charge in [-0.05, 0) is 12.8 Å². The Morgan fingerprint density at radius 2 is 0.415 bits per heavy atom. The third kappa shape index (κ3) is 49.5. The van der Waals surface area contributed by atoms with E-state index in [2.05, 4.69) is 13.8 Å². The Morgan fingerprint density at radius 3 is 0.623 bits per heavy atom. The number of ether oxygens (including phenoxy) is 1. The predicted molar refractivity (Wildman–Crippen MR) is 239 cm³/mol. The normalized spacial score (nSPS) is 11.5. The van der Waals surface area contributed by atoms with Crippen LogP contribution in [0.3, 0.4) is 0 Å². The van der Waals surface area contributed by atoms with Crippen molar-refractivity contribution < 1.29 is 9.53 Å². The minimum absolute atomic E-state index is 0.0297. The fourth-order valence-corrected chi connectivity index (χ4v) is 8.20. The van der Waals surface area contributed by atoms with E-state index in [0.29, 0.717) is 13.0 Å². The molecule has 2 heteroatoms. The van der Waals surface area contributed by atoms with Gasteiger partial charge in [0.25, 0.3) is 0 Å². The number of esters is 1. The molecule has 0 atom stereocenters. The molecule has 0 fully saturated rings. The number of carbonyl (C=O) groups is 1. The van der Waals surface area contributed by atoms with Crippen LogP contribution in [0.2, 0.25) is 0 Å². The SMILES string of the molecule is CCCCCCCCCCCCCCCCCCCCCCCCCCCCCCCCCCCCCCC(=O)OCCCCCCCCCCCC. The molecule has 0 saturated heterocycles. The number of unbranched alkanes of at least 4 members (excludes halogenated alkanes) is 44. The average molecular weight is 747 g/mol. The summed E-state index contributed by atoms with van der Waals surface area (Å²) in [5.41, 5.74) is 0. The Balaban J connectivity index is 3.11. The lowest BCUT2D eigenvalue weighted by molar-refractivity contribution is -0.143. The lowest BCUT2D eigenvalue weighted by Crippen LogP contribution is -2.05. The summed E-state index contributed by atoms with van der Waals surface area (Å²) in [6.07, 6.45) is 65.5. The summed E-state index contributed by atoms with van der Waals surface area (Å²) in [7, 11) is 0. The highest BCUT2D eigenvalue weighted by Gasteiger charge is 2.03. The zero-order valence-corrected chi connectivity index (χ0v) is 37.3. The lowest BCUT2D eigenvalue weighted by Gasteiger charge is -2.06. The topological polar surface area (TPSA) is 26.3 Å². The summed E-state index contributed by atoms with van der Waals surface area (Å²) in [4.78, 5) is 12.0. The third-order valence-corrected chi connectivity index (χ3v) is 12.0. The Labute approximate surface area is 336 Å². The summed E-state index contributed by atoms with van der Waals surface area (Å²) in [5, 5.41) is 0. The molecular formula is C51H102O2. The Hall–Kier alpha value is -0.530. The van der Waals surface area contributed by atoms with Gasteiger partial charge in [0.1, 0.15) is 0 Å². The molecule has 0 N–H and O–H groups in total. The molecule has 0 aliphatic heterocycles. The molecule has 0 amide bonds. The van der Waals surface area contributed by atoms with Crippen LogP contribution in [-0.2, 0) is 9.53 Å². The van der Waals surface area contributed by atoms with Crippen molar-refractivity contribution in [2.45, 2.75) is 316 Å². The van der Waals surface area contributed by atoms with Gasteiger partial charge >= 0.3 is 5.97 Å². The van der Waals surface area contributed by atoms with Gasteiger partial charge in [-0.2, -0.15) is 0 Å². The molecule has 0 spiro atoms. The fraction of sp³-hybridized carbons (Fsp3) is 0.980. The second kappa shape index (κ2) is 49.5. The zero-order chi connectivity index (χ0) is 38.2. The standard InChI is InChI=1S/C51H102O2/c1-3-5-7-9-11-13-15-16-17-18-19-20-21-22-23-24-25-26-27-28-29-30-31-32-33-34-35-36-37-38-39-40-41-43-45-47-49-51(52)53-50-48-46-44-42-14-12-10-8-6-4-2/h3-50H2,1-2H3. The quantitative estimate of drug-likeness (QED) is 0.0458. The van der Waals surface area contributed by atoms with E-state index < -0.39 is 0 Å². The highest BCUT2D eigenvalue weighted by molar-refractivity contribution is 5.69. The molecule has 0 bridgehead atoms. The van der Waals surface area contributed by atoms with E-state index in [9.17, 15) is 4.79 Å². The molecule has 0 aliphatic rings. The molecule has 0 rings (SSSR count). The molecular weight excluding hydrogens is 645 g/mol. The maximum Gasteiger partial charge on any atom is 0.305 e. The van der Waals surface area contributed by atoms with Crippen molar-refractivity contribution in [2.24, 2.45) is 0 Å². The van der Waals surface area contributed by atoms with Crippen molar-refractivity contribution in [1.29, 1.82) is 0 Å². The molecule has 2 nitrogen and oxygen atoms in total. The van der Waals surface area contributed by atoms with Crippen molar-refractivity contribution >= 4 is 5.97 Å². The van der Waals surface area contributed by atoms with Gasteiger partial charge in [-0.25, -0.2) is 0 Å². The average Bonchev–Trinajstić information content (AvgIpc) is 3.16. The van der Waals surface area contributed by atoms with Gasteiger partial charge in [-0.1, -0.05) is 296 Å². The molecule has 0 radical (unpaired) electrons. The number of carbonyl (C=O) groups excluding carboxylic acids is 1. The molecule has 53 heavy (non-hydrogen) atoms. The lowest BCUT2D eigenvalue weighted by atomic mass is 10.0. The van der Waals surface area contributed by atoms with Gasteiger partial charge in [-0.15, -0.1) is 0 Å². The molecule has 318 valence electrons. The number of rotatable bonds is 48. The zero-order valence-electron chi connectivity index (χ0n) is 37.3. The Morgan fingerprint density at radius 1 is 0.245 bits per heavy atom. The van der Waals surface area contributed by atoms with Gasteiger partial charge in [0.15, 0.2) is 0 Å². The minimum Gasteiger partial charge on any atom is -0.466 e. The number of hydrogen-bond acceptors (Lipinski definition) is 2. The van der Waals surface area contributed by atoms with E-state index in [1.54, 1.807) is 0 Å². The molecule has 0 aromatic heterocycles. The molecule has 0 aromatic carbocycles. The molecule has 0 heterocycles. The van der Waals surface area contributed by atoms with E-state index in [1.807, 2.05) is 0 Å². The second-order valence-corrected chi connectivity index (χ2v) is 17.5. The monoisotopic (exact) mass is 747 g/mol. The van der Waals surface area contributed by atoms with Crippen molar-refractivity contribution in [1.82, 2.24) is 0 Å². The van der Waals surface area contributed by atoms with E-state index in [-0.39, 0.29) is 5.97 Å². The van der Waals surface area contributed by atoms with Crippen LogP contribution in [0.4, 0.5) is 0 Å². The maximum absolute atomic E-state index is 12.0. The molecule has 0 unspecified atom stereocenters. The van der Waals surface area contributed by atoms with Crippen molar-refractivity contribution in [3.05, 3.63) is 0 Å². The van der Waals surface area contributed by atoms with E-state index in [1.165, 1.54) is 283 Å². The van der Waals surface area contributed by atoms with Crippen LogP contribution < -0.4 is 0 Å². The van der Waals surface area contributed by atoms with E-state index in [4.69, 9.17) is 4.74 Å². The minimum atomic E-state index is 0.0297. The Bertz CT molecular complexity index is 644. The van der Waals surface area contributed by atoms with E-state index >= 15 is 0 Å². The van der Waals surface area contributed by atoms with Gasteiger partial charge in [0, 0.05) is 6.42 Å². The highest BCUT2D eigenvalue weighted by atomic mass is 16.5. The largest absolute Gasteiger partial charge is 0.466 e. The van der Waals surface area contributed by atoms with Crippen LogP contribution in [0.1, 0.15) is 316 Å². The van der Waals surface area contributed by atoms with Crippen molar-refractivity contribution in [3.63, 3.8) is 0 Å². The Kier molecular flexibility index (Phi) is 49.0. The molecule has 0 aliphatic carbocycles. The van der Waals surface area contributed by atoms with Gasteiger partial charge in [0.2, 0.25) is 0 Å². The predicted octanol–water partition coefficient (Wildman–Crippen LogP) is 18.9. The van der Waals surface area contributed by atoms with Crippen LogP contribution in [0.25, 0.3) is 0 Å². The molecule has 0 saturated carbocycles. The van der Waals surface area contributed by atoms with Crippen LogP contribution in [0.5, 0.6) is 0 Å². The first-order valence-corrected chi connectivity index (χ1v) is 25.5. The first kappa shape index (κ1) is 52.5. The molecule has 0 aromatic rings. The summed E-state index contributed by atoms with van der Waals surface area (Å²) in [6, 6.07) is 0.